The molecule has 2 fully saturated rings. The molecule has 1 aliphatic carbocycles. The van der Waals surface area contributed by atoms with Crippen LogP contribution in [0.5, 0.6) is 0 Å². The van der Waals surface area contributed by atoms with Gasteiger partial charge in [-0.25, -0.2) is 9.99 Å². The first-order valence-electron chi connectivity index (χ1n) is 7.86. The second-order valence-corrected chi connectivity index (χ2v) is 5.92. The van der Waals surface area contributed by atoms with Gasteiger partial charge in [-0.15, -0.1) is 0 Å². The Morgan fingerprint density at radius 3 is 2.60 bits per heavy atom. The SMILES string of the molecule is O=C(NN1CCCCC1)c1cccc(C2CCCC2)n1. The van der Waals surface area contributed by atoms with Gasteiger partial charge < -0.3 is 0 Å². The van der Waals surface area contributed by atoms with Gasteiger partial charge in [-0.1, -0.05) is 25.3 Å². The molecule has 1 saturated carbocycles. The minimum absolute atomic E-state index is 0.0632. The van der Waals surface area contributed by atoms with Crippen molar-refractivity contribution in [2.45, 2.75) is 50.9 Å². The van der Waals surface area contributed by atoms with Crippen LogP contribution in [0.1, 0.15) is 67.0 Å². The quantitative estimate of drug-likeness (QED) is 0.921. The van der Waals surface area contributed by atoms with Crippen LogP contribution in [0, 0.1) is 0 Å². The number of amides is 1. The van der Waals surface area contributed by atoms with Crippen LogP contribution in [0.4, 0.5) is 0 Å². The largest absolute Gasteiger partial charge is 0.284 e. The fourth-order valence-electron chi connectivity index (χ4n) is 3.23. The standard InChI is InChI=1S/C16H23N3O/c20-16(18-19-11-4-1-5-12-19)15-10-6-9-14(17-15)13-7-2-3-8-13/h6,9-10,13H,1-5,7-8,11-12H2,(H,18,20). The van der Waals surface area contributed by atoms with E-state index in [2.05, 4.69) is 16.5 Å². The highest BCUT2D eigenvalue weighted by atomic mass is 16.2. The smallest absolute Gasteiger partial charge is 0.283 e. The molecule has 1 aromatic heterocycles. The third-order valence-electron chi connectivity index (χ3n) is 4.39. The Hall–Kier alpha value is -1.42. The Kier molecular flexibility index (Phi) is 4.31. The number of pyridine rings is 1. The normalized spacial score (nSPS) is 21.0. The monoisotopic (exact) mass is 273 g/mol. The Bertz CT molecular complexity index is 463. The van der Waals surface area contributed by atoms with E-state index in [9.17, 15) is 4.79 Å². The van der Waals surface area contributed by atoms with Crippen LogP contribution < -0.4 is 5.43 Å². The molecule has 0 atom stereocenters. The molecule has 4 nitrogen and oxygen atoms in total. The highest BCUT2D eigenvalue weighted by molar-refractivity contribution is 5.91. The summed E-state index contributed by atoms with van der Waals surface area (Å²) in [7, 11) is 0. The summed E-state index contributed by atoms with van der Waals surface area (Å²) in [6.07, 6.45) is 8.59. The van der Waals surface area contributed by atoms with Gasteiger partial charge in [0.25, 0.3) is 5.91 Å². The minimum atomic E-state index is -0.0632. The average Bonchev–Trinajstić information content (AvgIpc) is 3.03. The van der Waals surface area contributed by atoms with Gasteiger partial charge in [-0.2, -0.15) is 0 Å². The van der Waals surface area contributed by atoms with Gasteiger partial charge in [-0.3, -0.25) is 10.2 Å². The predicted octanol–water partition coefficient (Wildman–Crippen LogP) is 2.87. The molecule has 1 aromatic rings. The van der Waals surface area contributed by atoms with E-state index in [-0.39, 0.29) is 5.91 Å². The van der Waals surface area contributed by atoms with E-state index < -0.39 is 0 Å². The van der Waals surface area contributed by atoms with Gasteiger partial charge in [0.05, 0.1) is 0 Å². The third-order valence-corrected chi connectivity index (χ3v) is 4.39. The molecule has 1 saturated heterocycles. The molecule has 2 aliphatic rings. The summed E-state index contributed by atoms with van der Waals surface area (Å²) in [6.45, 7) is 1.90. The van der Waals surface area contributed by atoms with Gasteiger partial charge >= 0.3 is 0 Å². The number of carbonyl (C=O) groups excluding carboxylic acids is 1. The van der Waals surface area contributed by atoms with Crippen molar-refractivity contribution < 1.29 is 4.79 Å². The number of rotatable bonds is 3. The number of aromatic nitrogens is 1. The van der Waals surface area contributed by atoms with Gasteiger partial charge in [0.15, 0.2) is 0 Å². The van der Waals surface area contributed by atoms with E-state index in [1.807, 2.05) is 17.1 Å². The van der Waals surface area contributed by atoms with Gasteiger partial charge in [0, 0.05) is 24.7 Å². The van der Waals surface area contributed by atoms with Crippen LogP contribution in [0.25, 0.3) is 0 Å². The molecule has 1 aliphatic heterocycles. The molecule has 0 unspecified atom stereocenters. The number of nitrogens with zero attached hydrogens (tertiary/aromatic N) is 2. The molecule has 0 spiro atoms. The maximum Gasteiger partial charge on any atom is 0.284 e. The van der Waals surface area contributed by atoms with Crippen LogP contribution in [0.3, 0.4) is 0 Å². The lowest BCUT2D eigenvalue weighted by Gasteiger charge is -2.26. The number of carbonyl (C=O) groups is 1. The molecular weight excluding hydrogens is 250 g/mol. The van der Waals surface area contributed by atoms with E-state index in [1.54, 1.807) is 0 Å². The first-order valence-corrected chi connectivity index (χ1v) is 7.86. The lowest BCUT2D eigenvalue weighted by atomic mass is 10.0. The van der Waals surface area contributed by atoms with Crippen molar-refractivity contribution in [3.63, 3.8) is 0 Å². The van der Waals surface area contributed by atoms with Crippen molar-refractivity contribution in [2.24, 2.45) is 0 Å². The molecule has 20 heavy (non-hydrogen) atoms. The second-order valence-electron chi connectivity index (χ2n) is 5.92. The molecule has 4 heteroatoms. The zero-order valence-corrected chi connectivity index (χ0v) is 12.0. The average molecular weight is 273 g/mol. The highest BCUT2D eigenvalue weighted by Crippen LogP contribution is 2.32. The minimum Gasteiger partial charge on any atom is -0.283 e. The van der Waals surface area contributed by atoms with E-state index >= 15 is 0 Å². The molecule has 0 radical (unpaired) electrons. The maximum absolute atomic E-state index is 12.3. The molecule has 0 aromatic carbocycles. The second kappa shape index (κ2) is 6.35. The topological polar surface area (TPSA) is 45.2 Å². The van der Waals surface area contributed by atoms with Crippen molar-refractivity contribution in [3.8, 4) is 0 Å². The molecule has 2 heterocycles. The fourth-order valence-corrected chi connectivity index (χ4v) is 3.23. The summed E-state index contributed by atoms with van der Waals surface area (Å²) in [5.74, 6) is 0.490. The Morgan fingerprint density at radius 1 is 1.10 bits per heavy atom. The van der Waals surface area contributed by atoms with Crippen LogP contribution in [-0.4, -0.2) is 29.0 Å². The molecule has 1 N–H and O–H groups in total. The van der Waals surface area contributed by atoms with E-state index in [0.29, 0.717) is 11.6 Å². The predicted molar refractivity (Wildman–Crippen MR) is 78.3 cm³/mol. The van der Waals surface area contributed by atoms with Crippen LogP contribution in [0.15, 0.2) is 18.2 Å². The van der Waals surface area contributed by atoms with E-state index in [4.69, 9.17) is 0 Å². The molecule has 108 valence electrons. The number of hydrogen-bond donors (Lipinski definition) is 1. The number of piperidine rings is 1. The number of hydrogen-bond acceptors (Lipinski definition) is 3. The lowest BCUT2D eigenvalue weighted by Crippen LogP contribution is -2.45. The van der Waals surface area contributed by atoms with Crippen molar-refractivity contribution in [3.05, 3.63) is 29.6 Å². The molecule has 0 bridgehead atoms. The van der Waals surface area contributed by atoms with Crippen molar-refractivity contribution in [2.75, 3.05) is 13.1 Å². The van der Waals surface area contributed by atoms with Crippen LogP contribution in [-0.2, 0) is 0 Å². The Morgan fingerprint density at radius 2 is 1.85 bits per heavy atom. The van der Waals surface area contributed by atoms with Gasteiger partial charge in [0.2, 0.25) is 0 Å². The summed E-state index contributed by atoms with van der Waals surface area (Å²) >= 11 is 0. The first-order chi connectivity index (χ1) is 9.83. The first kappa shape index (κ1) is 13.6. The van der Waals surface area contributed by atoms with Gasteiger partial charge in [-0.05, 0) is 37.8 Å². The zero-order valence-electron chi connectivity index (χ0n) is 12.0. The highest BCUT2D eigenvalue weighted by Gasteiger charge is 2.20. The summed E-state index contributed by atoms with van der Waals surface area (Å²) < 4.78 is 0. The number of nitrogens with one attached hydrogen (secondary N) is 1. The van der Waals surface area contributed by atoms with Crippen LogP contribution >= 0.6 is 0 Å². The van der Waals surface area contributed by atoms with Crippen molar-refractivity contribution in [1.82, 2.24) is 15.4 Å². The van der Waals surface area contributed by atoms with Crippen LogP contribution in [0.2, 0.25) is 0 Å². The number of hydrazine groups is 1. The fraction of sp³-hybridized carbons (Fsp3) is 0.625. The summed E-state index contributed by atoms with van der Waals surface area (Å²) in [5, 5.41) is 2.02. The summed E-state index contributed by atoms with van der Waals surface area (Å²) in [6, 6.07) is 5.84. The van der Waals surface area contributed by atoms with E-state index in [0.717, 1.165) is 31.6 Å². The summed E-state index contributed by atoms with van der Waals surface area (Å²) in [4.78, 5) is 16.8. The zero-order chi connectivity index (χ0) is 13.8. The maximum atomic E-state index is 12.3. The lowest BCUT2D eigenvalue weighted by molar-refractivity contribution is 0.0744. The molecular formula is C16H23N3O. The van der Waals surface area contributed by atoms with Gasteiger partial charge in [0.1, 0.15) is 5.69 Å². The van der Waals surface area contributed by atoms with Crippen molar-refractivity contribution >= 4 is 5.91 Å². The molecule has 3 rings (SSSR count). The Labute approximate surface area is 120 Å². The van der Waals surface area contributed by atoms with E-state index in [1.165, 1.54) is 32.1 Å². The Balaban J connectivity index is 1.66. The van der Waals surface area contributed by atoms with Crippen molar-refractivity contribution in [1.29, 1.82) is 0 Å². The summed E-state index contributed by atoms with van der Waals surface area (Å²) in [5.41, 5.74) is 4.63. The third kappa shape index (κ3) is 3.18. The molecule has 1 amide bonds.